The van der Waals surface area contributed by atoms with E-state index in [2.05, 4.69) is 15.6 Å². The Balaban J connectivity index is 1.66. The highest BCUT2D eigenvalue weighted by molar-refractivity contribution is 7.17. The number of amides is 2. The van der Waals surface area contributed by atoms with Crippen LogP contribution in [-0.2, 0) is 11.2 Å². The molecule has 0 radical (unpaired) electrons. The summed E-state index contributed by atoms with van der Waals surface area (Å²) in [7, 11) is 0. The molecule has 0 saturated carbocycles. The van der Waals surface area contributed by atoms with Gasteiger partial charge < -0.3 is 15.7 Å². The largest absolute Gasteiger partial charge is 0.508 e. The number of phenols is 1. The van der Waals surface area contributed by atoms with Gasteiger partial charge in [0.15, 0.2) is 5.13 Å². The lowest BCUT2D eigenvalue weighted by atomic mass is 10.1. The van der Waals surface area contributed by atoms with Crippen molar-refractivity contribution in [2.75, 3.05) is 10.6 Å². The fourth-order valence-electron chi connectivity index (χ4n) is 2.59. The summed E-state index contributed by atoms with van der Waals surface area (Å²) in [5.74, 6) is -0.413. The van der Waals surface area contributed by atoms with Crippen LogP contribution in [-0.4, -0.2) is 21.9 Å². The molecule has 3 rings (SSSR count). The van der Waals surface area contributed by atoms with Gasteiger partial charge in [-0.15, -0.1) is 0 Å². The molecule has 0 unspecified atom stereocenters. The summed E-state index contributed by atoms with van der Waals surface area (Å²) in [6.07, 6.45) is 1.66. The van der Waals surface area contributed by atoms with Crippen molar-refractivity contribution in [3.05, 3.63) is 70.2 Å². The number of anilines is 2. The Hall–Kier alpha value is -3.19. The zero-order valence-corrected chi connectivity index (χ0v) is 15.8. The SMILES string of the molecule is Cc1ccc(O)c(C)c1NC(=O)c1cnc(NC(=O)Cc2ccccc2)s1. The summed E-state index contributed by atoms with van der Waals surface area (Å²) < 4.78 is 0. The second-order valence-corrected chi connectivity index (χ2v) is 7.13. The van der Waals surface area contributed by atoms with E-state index in [0.29, 0.717) is 21.3 Å². The molecule has 2 aromatic carbocycles. The van der Waals surface area contributed by atoms with Gasteiger partial charge in [0.05, 0.1) is 18.3 Å². The number of hydrogen-bond acceptors (Lipinski definition) is 5. The number of aryl methyl sites for hydroxylation is 1. The summed E-state index contributed by atoms with van der Waals surface area (Å²) in [4.78, 5) is 29.1. The fourth-order valence-corrected chi connectivity index (χ4v) is 3.31. The number of nitrogens with zero attached hydrogens (tertiary/aromatic N) is 1. The molecule has 0 atom stereocenters. The van der Waals surface area contributed by atoms with E-state index in [9.17, 15) is 14.7 Å². The summed E-state index contributed by atoms with van der Waals surface area (Å²) in [5, 5.41) is 15.7. The van der Waals surface area contributed by atoms with E-state index >= 15 is 0 Å². The number of carbonyl (C=O) groups excluding carboxylic acids is 2. The van der Waals surface area contributed by atoms with Gasteiger partial charge in [-0.25, -0.2) is 4.98 Å². The van der Waals surface area contributed by atoms with Gasteiger partial charge in [0, 0.05) is 5.56 Å². The first-order valence-corrected chi connectivity index (χ1v) is 9.16. The van der Waals surface area contributed by atoms with E-state index in [4.69, 9.17) is 0 Å². The van der Waals surface area contributed by atoms with Crippen LogP contribution in [0.25, 0.3) is 0 Å². The monoisotopic (exact) mass is 381 g/mol. The molecular weight excluding hydrogens is 362 g/mol. The van der Waals surface area contributed by atoms with Crippen LogP contribution in [0.5, 0.6) is 5.75 Å². The molecule has 0 fully saturated rings. The van der Waals surface area contributed by atoms with Crippen LogP contribution in [0, 0.1) is 13.8 Å². The molecule has 1 heterocycles. The van der Waals surface area contributed by atoms with E-state index in [1.807, 2.05) is 37.3 Å². The van der Waals surface area contributed by atoms with Crippen LogP contribution in [0.1, 0.15) is 26.4 Å². The molecule has 138 valence electrons. The van der Waals surface area contributed by atoms with Crippen molar-refractivity contribution in [1.29, 1.82) is 0 Å². The van der Waals surface area contributed by atoms with Gasteiger partial charge in [-0.1, -0.05) is 47.7 Å². The molecule has 3 N–H and O–H groups in total. The summed E-state index contributed by atoms with van der Waals surface area (Å²) >= 11 is 1.10. The first kappa shape index (κ1) is 18.6. The van der Waals surface area contributed by atoms with E-state index < -0.39 is 0 Å². The van der Waals surface area contributed by atoms with Crippen molar-refractivity contribution in [2.24, 2.45) is 0 Å². The van der Waals surface area contributed by atoms with Crippen molar-refractivity contribution in [3.63, 3.8) is 0 Å². The number of aromatic nitrogens is 1. The van der Waals surface area contributed by atoms with Crippen LogP contribution < -0.4 is 10.6 Å². The molecule has 0 aliphatic carbocycles. The Bertz CT molecular complexity index is 983. The van der Waals surface area contributed by atoms with E-state index in [0.717, 1.165) is 22.5 Å². The predicted molar refractivity (Wildman–Crippen MR) is 106 cm³/mol. The van der Waals surface area contributed by atoms with Crippen LogP contribution in [0.4, 0.5) is 10.8 Å². The maximum atomic E-state index is 12.5. The van der Waals surface area contributed by atoms with Gasteiger partial charge >= 0.3 is 0 Å². The lowest BCUT2D eigenvalue weighted by Crippen LogP contribution is -2.14. The van der Waals surface area contributed by atoms with Crippen molar-refractivity contribution in [3.8, 4) is 5.75 Å². The average Bonchev–Trinajstić information content (AvgIpc) is 3.11. The maximum absolute atomic E-state index is 12.5. The van der Waals surface area contributed by atoms with Gasteiger partial charge in [-0.2, -0.15) is 0 Å². The molecule has 6 nitrogen and oxygen atoms in total. The van der Waals surface area contributed by atoms with Crippen LogP contribution in [0.3, 0.4) is 0 Å². The Kier molecular flexibility index (Phi) is 5.52. The summed E-state index contributed by atoms with van der Waals surface area (Å²) in [5.41, 5.74) is 2.92. The second kappa shape index (κ2) is 8.01. The predicted octanol–water partition coefficient (Wildman–Crippen LogP) is 3.90. The van der Waals surface area contributed by atoms with Gasteiger partial charge in [0.2, 0.25) is 5.91 Å². The van der Waals surface area contributed by atoms with Crippen LogP contribution >= 0.6 is 11.3 Å². The van der Waals surface area contributed by atoms with Crippen molar-refractivity contribution in [1.82, 2.24) is 4.98 Å². The Morgan fingerprint density at radius 1 is 1.07 bits per heavy atom. The third kappa shape index (κ3) is 4.51. The normalized spacial score (nSPS) is 10.4. The van der Waals surface area contributed by atoms with E-state index in [-0.39, 0.29) is 24.0 Å². The number of rotatable bonds is 5. The molecule has 0 bridgehead atoms. The highest BCUT2D eigenvalue weighted by atomic mass is 32.1. The third-order valence-electron chi connectivity index (χ3n) is 4.07. The van der Waals surface area contributed by atoms with Crippen molar-refractivity contribution >= 4 is 34.0 Å². The molecule has 2 amide bonds. The second-order valence-electron chi connectivity index (χ2n) is 6.10. The number of hydrogen-bond donors (Lipinski definition) is 3. The Morgan fingerprint density at radius 3 is 2.56 bits per heavy atom. The third-order valence-corrected chi connectivity index (χ3v) is 4.98. The zero-order valence-electron chi connectivity index (χ0n) is 14.9. The summed E-state index contributed by atoms with van der Waals surface area (Å²) in [6.45, 7) is 3.59. The minimum Gasteiger partial charge on any atom is -0.508 e. The molecular formula is C20H19N3O3S. The minimum atomic E-state index is -0.340. The van der Waals surface area contributed by atoms with Crippen LogP contribution in [0.2, 0.25) is 0 Å². The number of carbonyl (C=O) groups is 2. The van der Waals surface area contributed by atoms with Gasteiger partial charge in [-0.3, -0.25) is 9.59 Å². The lowest BCUT2D eigenvalue weighted by molar-refractivity contribution is -0.115. The highest BCUT2D eigenvalue weighted by Gasteiger charge is 2.15. The maximum Gasteiger partial charge on any atom is 0.267 e. The van der Waals surface area contributed by atoms with Gasteiger partial charge in [0.25, 0.3) is 5.91 Å². The molecule has 27 heavy (non-hydrogen) atoms. The van der Waals surface area contributed by atoms with E-state index in [1.54, 1.807) is 19.1 Å². The fraction of sp³-hybridized carbons (Fsp3) is 0.150. The zero-order chi connectivity index (χ0) is 19.4. The van der Waals surface area contributed by atoms with Crippen molar-refractivity contribution < 1.29 is 14.7 Å². The standard InChI is InChI=1S/C20H19N3O3S/c1-12-8-9-15(24)13(2)18(12)23-19(26)16-11-21-20(27-16)22-17(25)10-14-6-4-3-5-7-14/h3-9,11,24H,10H2,1-2H3,(H,23,26)(H,21,22,25). The molecule has 3 aromatic rings. The van der Waals surface area contributed by atoms with E-state index in [1.165, 1.54) is 6.20 Å². The minimum absolute atomic E-state index is 0.120. The molecule has 0 spiro atoms. The topological polar surface area (TPSA) is 91.3 Å². The number of phenolic OH excluding ortho intramolecular Hbond substituents is 1. The quantitative estimate of drug-likeness (QED) is 0.625. The number of thiazole rings is 1. The first-order valence-electron chi connectivity index (χ1n) is 8.34. The Labute approximate surface area is 160 Å². The van der Waals surface area contributed by atoms with Crippen LogP contribution in [0.15, 0.2) is 48.7 Å². The molecule has 7 heteroatoms. The number of nitrogens with one attached hydrogen (secondary N) is 2. The van der Waals surface area contributed by atoms with Crippen molar-refractivity contribution in [2.45, 2.75) is 20.3 Å². The summed E-state index contributed by atoms with van der Waals surface area (Å²) in [6, 6.07) is 12.7. The molecule has 0 aliphatic heterocycles. The molecule has 1 aromatic heterocycles. The first-order chi connectivity index (χ1) is 12.9. The van der Waals surface area contributed by atoms with Gasteiger partial charge in [-0.05, 0) is 31.0 Å². The van der Waals surface area contributed by atoms with Gasteiger partial charge in [0.1, 0.15) is 10.6 Å². The average molecular weight is 381 g/mol. The smallest absolute Gasteiger partial charge is 0.267 e. The lowest BCUT2D eigenvalue weighted by Gasteiger charge is -2.11. The Morgan fingerprint density at radius 2 is 1.81 bits per heavy atom. The molecule has 0 saturated heterocycles. The molecule has 0 aliphatic rings. The number of benzene rings is 2. The number of aromatic hydroxyl groups is 1. The highest BCUT2D eigenvalue weighted by Crippen LogP contribution is 2.29.